The average Bonchev–Trinajstić information content (AvgIpc) is 3.08. The van der Waals surface area contributed by atoms with Crippen molar-refractivity contribution >= 4 is 23.1 Å². The number of likely N-dealkylation sites (N-methyl/N-ethyl adjacent to an activating group) is 1. The summed E-state index contributed by atoms with van der Waals surface area (Å²) < 4.78 is 5.27. The quantitative estimate of drug-likeness (QED) is 0.625. The van der Waals surface area contributed by atoms with Gasteiger partial charge < -0.3 is 14.5 Å². The van der Waals surface area contributed by atoms with Crippen molar-refractivity contribution in [1.29, 1.82) is 0 Å². The van der Waals surface area contributed by atoms with Gasteiger partial charge in [0.25, 0.3) is 11.8 Å². The molecule has 2 aliphatic heterocycles. The van der Waals surface area contributed by atoms with Gasteiger partial charge in [-0.15, -0.1) is 0 Å². The molecule has 2 amide bonds. The second-order valence-corrected chi connectivity index (χ2v) is 8.46. The number of carbonyl (C=O) groups excluding carboxylic acids is 2. The minimum atomic E-state index is -0.268. The number of unbranched alkanes of at least 4 members (excludes halogenated alkanes) is 1. The Balaban J connectivity index is 1.70. The number of imide groups is 1. The highest BCUT2D eigenvalue weighted by atomic mass is 16.5. The van der Waals surface area contributed by atoms with Crippen LogP contribution in [0.1, 0.15) is 30.9 Å². The van der Waals surface area contributed by atoms with Crippen molar-refractivity contribution in [2.75, 3.05) is 45.2 Å². The molecule has 0 N–H and O–H groups in total. The number of rotatable bonds is 7. The number of anilines is 1. The van der Waals surface area contributed by atoms with Gasteiger partial charge in [-0.05, 0) is 55.3 Å². The maximum Gasteiger partial charge on any atom is 0.282 e. The lowest BCUT2D eigenvalue weighted by atomic mass is 10.0. The zero-order valence-electron chi connectivity index (χ0n) is 19.1. The molecule has 2 aromatic rings. The van der Waals surface area contributed by atoms with Crippen LogP contribution in [0.15, 0.2) is 54.2 Å². The van der Waals surface area contributed by atoms with Gasteiger partial charge >= 0.3 is 0 Å². The molecular formula is C26H31N3O3. The van der Waals surface area contributed by atoms with Gasteiger partial charge in [-0.25, -0.2) is 4.90 Å². The van der Waals surface area contributed by atoms with Crippen LogP contribution in [0, 0.1) is 0 Å². The van der Waals surface area contributed by atoms with Crippen molar-refractivity contribution < 1.29 is 14.3 Å². The van der Waals surface area contributed by atoms with Gasteiger partial charge in [-0.1, -0.05) is 37.6 Å². The van der Waals surface area contributed by atoms with Crippen LogP contribution < -0.4 is 9.64 Å². The van der Waals surface area contributed by atoms with Crippen molar-refractivity contribution in [2.24, 2.45) is 0 Å². The molecule has 2 aliphatic rings. The Bertz CT molecular complexity index is 1000. The van der Waals surface area contributed by atoms with E-state index >= 15 is 0 Å². The van der Waals surface area contributed by atoms with Crippen molar-refractivity contribution in [3.63, 3.8) is 0 Å². The van der Waals surface area contributed by atoms with Crippen molar-refractivity contribution in [1.82, 2.24) is 9.80 Å². The maximum absolute atomic E-state index is 13.6. The molecule has 0 saturated carbocycles. The van der Waals surface area contributed by atoms with E-state index in [1.165, 1.54) is 10.5 Å². The molecule has 0 bridgehead atoms. The number of nitrogens with zero attached hydrogens (tertiary/aromatic N) is 3. The summed E-state index contributed by atoms with van der Waals surface area (Å²) in [7, 11) is 3.68. The summed E-state index contributed by atoms with van der Waals surface area (Å²) in [4.78, 5) is 32.9. The van der Waals surface area contributed by atoms with Gasteiger partial charge in [0.1, 0.15) is 11.4 Å². The van der Waals surface area contributed by atoms with Crippen LogP contribution in [-0.2, 0) is 16.0 Å². The number of methoxy groups -OCH3 is 1. The molecular weight excluding hydrogens is 402 g/mol. The predicted molar refractivity (Wildman–Crippen MR) is 127 cm³/mol. The van der Waals surface area contributed by atoms with Gasteiger partial charge in [0.2, 0.25) is 0 Å². The standard InChI is InChI=1S/C26H31N3O3/c1-4-5-6-19-7-11-21(12-8-19)29-25(30)23(20-9-13-22(32-3)14-10-20)24(26(29)31)28-17-15-27(2)16-18-28/h7-14H,4-6,15-18H2,1-3H3. The van der Waals surface area contributed by atoms with Gasteiger partial charge in [0.05, 0.1) is 18.4 Å². The number of amides is 2. The molecule has 6 heteroatoms. The van der Waals surface area contributed by atoms with Crippen molar-refractivity contribution in [2.45, 2.75) is 26.2 Å². The van der Waals surface area contributed by atoms with E-state index in [2.05, 4.69) is 23.8 Å². The first kappa shape index (κ1) is 22.1. The van der Waals surface area contributed by atoms with Crippen molar-refractivity contribution in [3.05, 3.63) is 65.4 Å². The summed E-state index contributed by atoms with van der Waals surface area (Å²) in [5.41, 5.74) is 3.55. The molecule has 1 saturated heterocycles. The van der Waals surface area contributed by atoms with Crippen LogP contribution in [0.4, 0.5) is 5.69 Å². The number of aryl methyl sites for hydroxylation is 1. The third-order valence-electron chi connectivity index (χ3n) is 6.27. The molecule has 0 spiro atoms. The fraction of sp³-hybridized carbons (Fsp3) is 0.385. The van der Waals surface area contributed by atoms with Crippen LogP contribution >= 0.6 is 0 Å². The molecule has 32 heavy (non-hydrogen) atoms. The van der Waals surface area contributed by atoms with E-state index in [-0.39, 0.29) is 11.8 Å². The van der Waals surface area contributed by atoms with Gasteiger partial charge in [-0.3, -0.25) is 9.59 Å². The lowest BCUT2D eigenvalue weighted by Gasteiger charge is -2.34. The Labute approximate surface area is 190 Å². The highest BCUT2D eigenvalue weighted by Gasteiger charge is 2.42. The fourth-order valence-corrected chi connectivity index (χ4v) is 4.29. The molecule has 6 nitrogen and oxygen atoms in total. The molecule has 2 aromatic carbocycles. The third kappa shape index (κ3) is 4.28. The van der Waals surface area contributed by atoms with E-state index in [0.29, 0.717) is 35.8 Å². The highest BCUT2D eigenvalue weighted by Crippen LogP contribution is 2.35. The Kier molecular flexibility index (Phi) is 6.61. The van der Waals surface area contributed by atoms with E-state index in [9.17, 15) is 9.59 Å². The zero-order chi connectivity index (χ0) is 22.7. The Hall–Kier alpha value is -3.12. The van der Waals surface area contributed by atoms with E-state index in [4.69, 9.17) is 4.74 Å². The molecule has 2 heterocycles. The van der Waals surface area contributed by atoms with E-state index in [1.54, 1.807) is 7.11 Å². The largest absolute Gasteiger partial charge is 0.497 e. The zero-order valence-corrected chi connectivity index (χ0v) is 19.1. The number of ether oxygens (including phenoxy) is 1. The molecule has 168 valence electrons. The van der Waals surface area contributed by atoms with Crippen molar-refractivity contribution in [3.8, 4) is 5.75 Å². The number of benzene rings is 2. The van der Waals surface area contributed by atoms with Crippen LogP contribution in [0.25, 0.3) is 5.57 Å². The fourth-order valence-electron chi connectivity index (χ4n) is 4.29. The number of piperazine rings is 1. The minimum absolute atomic E-state index is 0.244. The Morgan fingerprint density at radius 1 is 0.875 bits per heavy atom. The summed E-state index contributed by atoms with van der Waals surface area (Å²) in [6.45, 7) is 5.31. The summed E-state index contributed by atoms with van der Waals surface area (Å²) in [6, 6.07) is 15.2. The van der Waals surface area contributed by atoms with E-state index in [0.717, 1.165) is 37.9 Å². The van der Waals surface area contributed by atoms with E-state index in [1.807, 2.05) is 48.5 Å². The first-order chi connectivity index (χ1) is 15.5. The molecule has 0 aliphatic carbocycles. The molecule has 1 fully saturated rings. The number of hydrogen-bond donors (Lipinski definition) is 0. The Morgan fingerprint density at radius 3 is 2.12 bits per heavy atom. The van der Waals surface area contributed by atoms with E-state index < -0.39 is 0 Å². The SMILES string of the molecule is CCCCc1ccc(N2C(=O)C(c3ccc(OC)cc3)=C(N3CCN(C)CC3)C2=O)cc1. The summed E-state index contributed by atoms with van der Waals surface area (Å²) in [6.07, 6.45) is 3.26. The molecule has 0 unspecified atom stereocenters. The van der Waals surface area contributed by atoms with Crippen LogP contribution in [0.3, 0.4) is 0 Å². The summed E-state index contributed by atoms with van der Waals surface area (Å²) >= 11 is 0. The lowest BCUT2D eigenvalue weighted by Crippen LogP contribution is -2.46. The van der Waals surface area contributed by atoms with Crippen LogP contribution in [0.2, 0.25) is 0 Å². The minimum Gasteiger partial charge on any atom is -0.497 e. The molecule has 0 aromatic heterocycles. The smallest absolute Gasteiger partial charge is 0.282 e. The number of carbonyl (C=O) groups is 2. The third-order valence-corrected chi connectivity index (χ3v) is 6.27. The number of hydrogen-bond acceptors (Lipinski definition) is 5. The first-order valence-electron chi connectivity index (χ1n) is 11.3. The lowest BCUT2D eigenvalue weighted by molar-refractivity contribution is -0.120. The molecule has 0 radical (unpaired) electrons. The summed E-state index contributed by atoms with van der Waals surface area (Å²) in [5.74, 6) is 0.203. The van der Waals surface area contributed by atoms with Gasteiger partial charge in [0, 0.05) is 26.2 Å². The highest BCUT2D eigenvalue weighted by molar-refractivity contribution is 6.45. The monoisotopic (exact) mass is 433 g/mol. The predicted octanol–water partition coefficient (Wildman–Crippen LogP) is 3.57. The molecule has 0 atom stereocenters. The second kappa shape index (κ2) is 9.57. The topological polar surface area (TPSA) is 53.1 Å². The van der Waals surface area contributed by atoms with Gasteiger partial charge in [-0.2, -0.15) is 0 Å². The first-order valence-corrected chi connectivity index (χ1v) is 11.3. The normalized spacial score (nSPS) is 17.5. The van der Waals surface area contributed by atoms with Crippen LogP contribution in [-0.4, -0.2) is 62.0 Å². The Morgan fingerprint density at radius 2 is 1.53 bits per heavy atom. The average molecular weight is 434 g/mol. The molecule has 4 rings (SSSR count). The maximum atomic E-state index is 13.6. The van der Waals surface area contributed by atoms with Gasteiger partial charge in [0.15, 0.2) is 0 Å². The summed E-state index contributed by atoms with van der Waals surface area (Å²) in [5, 5.41) is 0. The van der Waals surface area contributed by atoms with Crippen LogP contribution in [0.5, 0.6) is 5.75 Å². The second-order valence-electron chi connectivity index (χ2n) is 8.46.